The number of fused-ring (bicyclic) bond motifs is 1. The van der Waals surface area contributed by atoms with Crippen molar-refractivity contribution in [3.63, 3.8) is 0 Å². The zero-order valence-corrected chi connectivity index (χ0v) is 15.9. The predicted octanol–water partition coefficient (Wildman–Crippen LogP) is 4.03. The Morgan fingerprint density at radius 1 is 1.35 bits per heavy atom. The summed E-state index contributed by atoms with van der Waals surface area (Å²) in [5, 5.41) is 0.455. The number of nitrogens with zero attached hydrogens (tertiary/aromatic N) is 2. The van der Waals surface area contributed by atoms with Crippen molar-refractivity contribution in [3.8, 4) is 17.0 Å². The summed E-state index contributed by atoms with van der Waals surface area (Å²) in [7, 11) is 0. The van der Waals surface area contributed by atoms with Crippen LogP contribution in [-0.4, -0.2) is 34.9 Å². The highest BCUT2D eigenvalue weighted by Crippen LogP contribution is 2.34. The topological polar surface area (TPSA) is 69.9 Å². The average Bonchev–Trinajstić information content (AvgIpc) is 3.12. The summed E-state index contributed by atoms with van der Waals surface area (Å²) in [5.41, 5.74) is 1.54. The van der Waals surface area contributed by atoms with Crippen molar-refractivity contribution in [3.05, 3.63) is 40.0 Å². The molecule has 0 bridgehead atoms. The lowest BCUT2D eigenvalue weighted by molar-refractivity contribution is -0.142. The van der Waals surface area contributed by atoms with Gasteiger partial charge < -0.3 is 9.47 Å². The van der Waals surface area contributed by atoms with Gasteiger partial charge in [-0.3, -0.25) is 14.0 Å². The first-order valence-corrected chi connectivity index (χ1v) is 9.31. The molecular weight excluding hydrogens is 376 g/mol. The van der Waals surface area contributed by atoms with E-state index in [0.717, 1.165) is 11.2 Å². The summed E-state index contributed by atoms with van der Waals surface area (Å²) in [5.74, 6) is 0.353. The van der Waals surface area contributed by atoms with E-state index in [-0.39, 0.29) is 12.4 Å². The Morgan fingerprint density at radius 3 is 2.81 bits per heavy atom. The largest absolute Gasteiger partial charge is 0.494 e. The minimum absolute atomic E-state index is 0.152. The molecule has 0 aliphatic rings. The van der Waals surface area contributed by atoms with Crippen molar-refractivity contribution in [2.75, 3.05) is 13.2 Å². The summed E-state index contributed by atoms with van der Waals surface area (Å²) < 4.78 is 12.1. The van der Waals surface area contributed by atoms with Gasteiger partial charge in [-0.05, 0) is 32.0 Å². The molecule has 0 amide bonds. The normalized spacial score (nSPS) is 10.9. The van der Waals surface area contributed by atoms with Crippen LogP contribution in [0.4, 0.5) is 0 Å². The molecule has 0 atom stereocenters. The van der Waals surface area contributed by atoms with E-state index in [1.54, 1.807) is 35.7 Å². The number of halogens is 1. The molecule has 0 unspecified atom stereocenters. The molecule has 3 rings (SSSR count). The van der Waals surface area contributed by atoms with Crippen LogP contribution in [0.5, 0.6) is 5.75 Å². The number of benzene rings is 1. The third-order valence-corrected chi connectivity index (χ3v) is 4.95. The lowest BCUT2D eigenvalue weighted by Gasteiger charge is -2.06. The first-order valence-electron chi connectivity index (χ1n) is 8.11. The Hall–Kier alpha value is -2.38. The van der Waals surface area contributed by atoms with E-state index < -0.39 is 0 Å². The van der Waals surface area contributed by atoms with E-state index in [9.17, 15) is 9.59 Å². The van der Waals surface area contributed by atoms with Crippen molar-refractivity contribution in [2.24, 2.45) is 0 Å². The third kappa shape index (κ3) is 3.59. The lowest BCUT2D eigenvalue weighted by atomic mass is 10.1. The lowest BCUT2D eigenvalue weighted by Crippen LogP contribution is -2.06. The van der Waals surface area contributed by atoms with Crippen molar-refractivity contribution >= 4 is 40.2 Å². The van der Waals surface area contributed by atoms with E-state index >= 15 is 0 Å². The van der Waals surface area contributed by atoms with Gasteiger partial charge in [0.15, 0.2) is 11.2 Å². The van der Waals surface area contributed by atoms with Gasteiger partial charge in [-0.25, -0.2) is 4.98 Å². The van der Waals surface area contributed by atoms with Gasteiger partial charge in [0.05, 0.1) is 24.7 Å². The molecule has 1 aromatic carbocycles. The van der Waals surface area contributed by atoms with Gasteiger partial charge in [-0.15, -0.1) is 11.3 Å². The first kappa shape index (κ1) is 18.4. The molecule has 0 spiro atoms. The molecule has 26 heavy (non-hydrogen) atoms. The molecule has 136 valence electrons. The van der Waals surface area contributed by atoms with Gasteiger partial charge in [-0.1, -0.05) is 11.6 Å². The Morgan fingerprint density at radius 2 is 2.15 bits per heavy atom. The minimum atomic E-state index is -0.306. The number of aromatic nitrogens is 2. The maximum Gasteiger partial charge on any atom is 0.311 e. The molecular formula is C18H17ClN2O4S. The van der Waals surface area contributed by atoms with Crippen LogP contribution in [-0.2, 0) is 16.0 Å². The van der Waals surface area contributed by atoms with Gasteiger partial charge in [0.1, 0.15) is 17.1 Å². The van der Waals surface area contributed by atoms with Crippen LogP contribution in [0.1, 0.15) is 29.2 Å². The van der Waals surface area contributed by atoms with E-state index in [1.807, 2.05) is 6.92 Å². The summed E-state index contributed by atoms with van der Waals surface area (Å²) in [4.78, 5) is 29.2. The van der Waals surface area contributed by atoms with Gasteiger partial charge in [0.2, 0.25) is 0 Å². The standard InChI is InChI=1S/C18H17ClN2O4S/c1-3-24-11-5-6-13(14(19)7-11)17-15(10-22)21-9-12(26-18(21)20-17)8-16(23)25-4-2/h5-7,9-10H,3-4,8H2,1-2H3. The molecule has 0 aliphatic carbocycles. The van der Waals surface area contributed by atoms with Crippen LogP contribution >= 0.6 is 22.9 Å². The van der Waals surface area contributed by atoms with Gasteiger partial charge >= 0.3 is 5.97 Å². The van der Waals surface area contributed by atoms with Crippen LogP contribution in [0.25, 0.3) is 16.2 Å². The Labute approximate surface area is 159 Å². The summed E-state index contributed by atoms with van der Waals surface area (Å²) in [6, 6.07) is 5.28. The molecule has 8 heteroatoms. The van der Waals surface area contributed by atoms with Gasteiger partial charge in [0.25, 0.3) is 0 Å². The number of carbonyl (C=O) groups is 2. The number of thiazole rings is 1. The molecule has 6 nitrogen and oxygen atoms in total. The molecule has 0 saturated carbocycles. The second kappa shape index (κ2) is 7.88. The van der Waals surface area contributed by atoms with Crippen molar-refractivity contribution < 1.29 is 19.1 Å². The molecule has 0 aliphatic heterocycles. The highest BCUT2D eigenvalue weighted by atomic mass is 35.5. The molecule has 2 aromatic heterocycles. The zero-order valence-electron chi connectivity index (χ0n) is 14.3. The molecule has 0 saturated heterocycles. The van der Waals surface area contributed by atoms with E-state index in [4.69, 9.17) is 21.1 Å². The first-order chi connectivity index (χ1) is 12.6. The van der Waals surface area contributed by atoms with Gasteiger partial charge in [-0.2, -0.15) is 0 Å². The summed E-state index contributed by atoms with van der Waals surface area (Å²) in [6.07, 6.45) is 2.63. The fourth-order valence-electron chi connectivity index (χ4n) is 2.60. The number of rotatable bonds is 7. The highest BCUT2D eigenvalue weighted by Gasteiger charge is 2.19. The number of hydrogen-bond acceptors (Lipinski definition) is 6. The summed E-state index contributed by atoms with van der Waals surface area (Å²) in [6.45, 7) is 4.53. The fraction of sp³-hybridized carbons (Fsp3) is 0.278. The number of imidazole rings is 1. The van der Waals surface area contributed by atoms with Crippen molar-refractivity contribution in [1.29, 1.82) is 0 Å². The molecule has 0 N–H and O–H groups in total. The Balaban J connectivity index is 1.98. The van der Waals surface area contributed by atoms with Crippen molar-refractivity contribution in [1.82, 2.24) is 9.38 Å². The van der Waals surface area contributed by atoms with E-state index in [0.29, 0.717) is 45.9 Å². The molecule has 3 aromatic rings. The molecule has 0 radical (unpaired) electrons. The summed E-state index contributed by atoms with van der Waals surface area (Å²) >= 11 is 7.69. The number of aldehydes is 1. The fourth-order valence-corrected chi connectivity index (χ4v) is 3.83. The Kier molecular flexibility index (Phi) is 5.58. The number of hydrogen-bond donors (Lipinski definition) is 0. The monoisotopic (exact) mass is 392 g/mol. The number of carbonyl (C=O) groups excluding carboxylic acids is 2. The van der Waals surface area contributed by atoms with Gasteiger partial charge in [0, 0.05) is 16.6 Å². The second-order valence-electron chi connectivity index (χ2n) is 5.37. The van der Waals surface area contributed by atoms with Crippen molar-refractivity contribution in [2.45, 2.75) is 20.3 Å². The number of esters is 1. The van der Waals surface area contributed by atoms with Crippen LogP contribution in [0.2, 0.25) is 5.02 Å². The van der Waals surface area contributed by atoms with Crippen LogP contribution in [0.3, 0.4) is 0 Å². The zero-order chi connectivity index (χ0) is 18.7. The maximum atomic E-state index is 11.7. The predicted molar refractivity (Wildman–Crippen MR) is 100 cm³/mol. The SMILES string of the molecule is CCOC(=O)Cc1cn2c(C=O)c(-c3ccc(OCC)cc3Cl)nc2s1. The smallest absolute Gasteiger partial charge is 0.311 e. The molecule has 2 heterocycles. The Bertz CT molecular complexity index is 964. The average molecular weight is 393 g/mol. The quantitative estimate of drug-likeness (QED) is 0.448. The number of ether oxygens (including phenoxy) is 2. The van der Waals surface area contributed by atoms with E-state index in [2.05, 4.69) is 4.98 Å². The second-order valence-corrected chi connectivity index (χ2v) is 6.87. The molecule has 0 fully saturated rings. The van der Waals surface area contributed by atoms with Crippen LogP contribution in [0.15, 0.2) is 24.4 Å². The maximum absolute atomic E-state index is 11.7. The van der Waals surface area contributed by atoms with E-state index in [1.165, 1.54) is 11.3 Å². The minimum Gasteiger partial charge on any atom is -0.494 e. The van der Waals surface area contributed by atoms with Crippen LogP contribution < -0.4 is 4.74 Å². The highest BCUT2D eigenvalue weighted by molar-refractivity contribution is 7.17. The van der Waals surface area contributed by atoms with Crippen LogP contribution in [0, 0.1) is 0 Å². The third-order valence-electron chi connectivity index (χ3n) is 3.65.